The third-order valence-electron chi connectivity index (χ3n) is 4.82. The van der Waals surface area contributed by atoms with Crippen LogP contribution < -0.4 is 5.73 Å². The normalized spacial score (nSPS) is 56.2. The molecule has 2 N–H and O–H groups in total. The molecule has 0 amide bonds. The minimum atomic E-state index is 0.892. The van der Waals surface area contributed by atoms with Crippen LogP contribution in [0.5, 0.6) is 0 Å². The molecule has 68 valence electrons. The molecule has 3 aliphatic rings. The highest BCUT2D eigenvalue weighted by Crippen LogP contribution is 2.59. The lowest BCUT2D eigenvalue weighted by Crippen LogP contribution is -2.15. The van der Waals surface area contributed by atoms with Crippen molar-refractivity contribution in [3.63, 3.8) is 0 Å². The number of hydrogen-bond acceptors (Lipinski definition) is 1. The summed E-state index contributed by atoms with van der Waals surface area (Å²) in [4.78, 5) is 0. The van der Waals surface area contributed by atoms with Gasteiger partial charge in [-0.3, -0.25) is 0 Å². The molecule has 0 aromatic heterocycles. The smallest absolute Gasteiger partial charge is 0.00487 e. The van der Waals surface area contributed by atoms with Crippen molar-refractivity contribution in [1.29, 1.82) is 0 Å². The third-order valence-corrected chi connectivity index (χ3v) is 4.82. The topological polar surface area (TPSA) is 26.0 Å². The first kappa shape index (κ1) is 7.37. The maximum atomic E-state index is 5.75. The van der Waals surface area contributed by atoms with E-state index in [1.54, 1.807) is 19.3 Å². The van der Waals surface area contributed by atoms with Crippen molar-refractivity contribution in [2.75, 3.05) is 6.54 Å². The van der Waals surface area contributed by atoms with Crippen LogP contribution in [0.3, 0.4) is 0 Å². The molecule has 0 aromatic rings. The van der Waals surface area contributed by atoms with Gasteiger partial charge in [0.05, 0.1) is 0 Å². The van der Waals surface area contributed by atoms with Crippen LogP contribution >= 0.6 is 0 Å². The molecule has 4 unspecified atom stereocenters. The summed E-state index contributed by atoms with van der Waals surface area (Å²) in [6.45, 7) is 0.951. The fourth-order valence-electron chi connectivity index (χ4n) is 4.32. The molecule has 3 rings (SSSR count). The molecule has 0 saturated heterocycles. The van der Waals surface area contributed by atoms with Crippen molar-refractivity contribution in [2.24, 2.45) is 35.3 Å². The Morgan fingerprint density at radius 3 is 2.00 bits per heavy atom. The number of rotatable bonds is 1. The fraction of sp³-hybridized carbons (Fsp3) is 1.00. The summed E-state index contributed by atoms with van der Waals surface area (Å²) >= 11 is 0. The van der Waals surface area contributed by atoms with Gasteiger partial charge in [0.25, 0.3) is 0 Å². The van der Waals surface area contributed by atoms with Crippen molar-refractivity contribution in [1.82, 2.24) is 0 Å². The van der Waals surface area contributed by atoms with Gasteiger partial charge in [-0.15, -0.1) is 0 Å². The van der Waals surface area contributed by atoms with Gasteiger partial charge in [0.2, 0.25) is 0 Å². The van der Waals surface area contributed by atoms with E-state index in [4.69, 9.17) is 5.73 Å². The number of hydrogen-bond donors (Lipinski definition) is 1. The molecule has 1 heteroatoms. The van der Waals surface area contributed by atoms with Crippen LogP contribution in [0, 0.1) is 29.6 Å². The summed E-state index contributed by atoms with van der Waals surface area (Å²) in [7, 11) is 0. The van der Waals surface area contributed by atoms with Crippen LogP contribution in [-0.4, -0.2) is 6.54 Å². The maximum Gasteiger partial charge on any atom is -0.00487 e. The van der Waals surface area contributed by atoms with Crippen LogP contribution in [0.4, 0.5) is 0 Å². The number of nitrogens with two attached hydrogens (primary N) is 1. The monoisotopic (exact) mass is 165 g/mol. The highest BCUT2D eigenvalue weighted by Gasteiger charge is 2.51. The molecule has 2 bridgehead atoms. The van der Waals surface area contributed by atoms with Crippen LogP contribution in [0.1, 0.15) is 32.1 Å². The van der Waals surface area contributed by atoms with Crippen LogP contribution in [0.2, 0.25) is 0 Å². The van der Waals surface area contributed by atoms with E-state index in [9.17, 15) is 0 Å². The largest absolute Gasteiger partial charge is 0.330 e. The van der Waals surface area contributed by atoms with Gasteiger partial charge < -0.3 is 5.73 Å². The van der Waals surface area contributed by atoms with Gasteiger partial charge in [-0.1, -0.05) is 0 Å². The summed E-state index contributed by atoms with van der Waals surface area (Å²) < 4.78 is 0. The average Bonchev–Trinajstić information content (AvgIpc) is 2.75. The summed E-state index contributed by atoms with van der Waals surface area (Å²) in [5.41, 5.74) is 5.75. The second-order valence-corrected chi connectivity index (χ2v) is 5.23. The molecule has 1 nitrogen and oxygen atoms in total. The molecule has 12 heavy (non-hydrogen) atoms. The SMILES string of the molecule is NCC1CC2C3CCC(C3)C2C1. The van der Waals surface area contributed by atoms with E-state index in [2.05, 4.69) is 0 Å². The standard InChI is InChI=1S/C11H19N/c12-6-7-3-10-8-1-2-9(5-8)11(10)4-7/h7-11H,1-6,12H2. The van der Waals surface area contributed by atoms with Gasteiger partial charge in [-0.25, -0.2) is 0 Å². The molecule has 3 saturated carbocycles. The van der Waals surface area contributed by atoms with Gasteiger partial charge in [0.1, 0.15) is 0 Å². The van der Waals surface area contributed by atoms with Crippen molar-refractivity contribution in [3.8, 4) is 0 Å². The molecule has 4 atom stereocenters. The Balaban J connectivity index is 1.78. The highest BCUT2D eigenvalue weighted by molar-refractivity contribution is 5.01. The zero-order valence-electron chi connectivity index (χ0n) is 7.71. The maximum absolute atomic E-state index is 5.75. The zero-order chi connectivity index (χ0) is 8.13. The molecule has 0 heterocycles. The van der Waals surface area contributed by atoms with E-state index in [-0.39, 0.29) is 0 Å². The molecule has 3 fully saturated rings. The van der Waals surface area contributed by atoms with Crippen molar-refractivity contribution >= 4 is 0 Å². The average molecular weight is 165 g/mol. The minimum absolute atomic E-state index is 0.892. The molecule has 0 aliphatic heterocycles. The van der Waals surface area contributed by atoms with Gasteiger partial charge in [0.15, 0.2) is 0 Å². The van der Waals surface area contributed by atoms with Crippen molar-refractivity contribution < 1.29 is 0 Å². The van der Waals surface area contributed by atoms with E-state index >= 15 is 0 Å². The van der Waals surface area contributed by atoms with Crippen LogP contribution in [-0.2, 0) is 0 Å². The van der Waals surface area contributed by atoms with Crippen molar-refractivity contribution in [2.45, 2.75) is 32.1 Å². The Labute approximate surface area is 74.7 Å². The molecule has 0 radical (unpaired) electrons. The lowest BCUT2D eigenvalue weighted by Gasteiger charge is -2.23. The molecule has 3 aliphatic carbocycles. The highest BCUT2D eigenvalue weighted by atomic mass is 14.6. The van der Waals surface area contributed by atoms with E-state index in [0.717, 1.165) is 36.1 Å². The molecular weight excluding hydrogens is 146 g/mol. The quantitative estimate of drug-likeness (QED) is 0.632. The summed E-state index contributed by atoms with van der Waals surface area (Å²) in [6.07, 6.45) is 7.61. The Morgan fingerprint density at radius 2 is 1.50 bits per heavy atom. The second-order valence-electron chi connectivity index (χ2n) is 5.23. The first-order valence-corrected chi connectivity index (χ1v) is 5.58. The van der Waals surface area contributed by atoms with E-state index < -0.39 is 0 Å². The van der Waals surface area contributed by atoms with Crippen LogP contribution in [0.15, 0.2) is 0 Å². The van der Waals surface area contributed by atoms with Gasteiger partial charge >= 0.3 is 0 Å². The Hall–Kier alpha value is -0.0400. The van der Waals surface area contributed by atoms with Gasteiger partial charge in [0, 0.05) is 0 Å². The lowest BCUT2D eigenvalue weighted by atomic mass is 9.82. The Bertz CT molecular complexity index is 171. The third kappa shape index (κ3) is 0.834. The minimum Gasteiger partial charge on any atom is -0.330 e. The Morgan fingerprint density at radius 1 is 0.917 bits per heavy atom. The van der Waals surface area contributed by atoms with E-state index in [1.807, 2.05) is 0 Å². The molecular formula is C11H19N. The fourth-order valence-corrected chi connectivity index (χ4v) is 4.32. The predicted octanol–water partition coefficient (Wildman–Crippen LogP) is 2.02. The molecule has 0 aromatic carbocycles. The van der Waals surface area contributed by atoms with E-state index in [1.165, 1.54) is 12.8 Å². The molecule has 0 spiro atoms. The second kappa shape index (κ2) is 2.47. The lowest BCUT2D eigenvalue weighted by molar-refractivity contribution is 0.259. The number of fused-ring (bicyclic) bond motifs is 5. The van der Waals surface area contributed by atoms with E-state index in [0.29, 0.717) is 0 Å². The van der Waals surface area contributed by atoms with Crippen LogP contribution in [0.25, 0.3) is 0 Å². The van der Waals surface area contributed by atoms with Crippen molar-refractivity contribution in [3.05, 3.63) is 0 Å². The first-order chi connectivity index (χ1) is 5.88. The van der Waals surface area contributed by atoms with Gasteiger partial charge in [-0.2, -0.15) is 0 Å². The van der Waals surface area contributed by atoms with Gasteiger partial charge in [-0.05, 0) is 68.2 Å². The summed E-state index contributed by atoms with van der Waals surface area (Å²) in [5.74, 6) is 5.35. The Kier molecular flexibility index (Phi) is 1.52. The zero-order valence-corrected chi connectivity index (χ0v) is 7.71. The first-order valence-electron chi connectivity index (χ1n) is 5.58. The summed E-state index contributed by atoms with van der Waals surface area (Å²) in [6, 6.07) is 0. The summed E-state index contributed by atoms with van der Waals surface area (Å²) in [5, 5.41) is 0. The predicted molar refractivity (Wildman–Crippen MR) is 49.6 cm³/mol.